The number of benzene rings is 4. The van der Waals surface area contributed by atoms with E-state index in [0.29, 0.717) is 6.04 Å². The highest BCUT2D eigenvalue weighted by atomic mass is 31.2. The molecule has 4 aromatic rings. The van der Waals surface area contributed by atoms with E-state index in [2.05, 4.69) is 133 Å². The molecule has 1 atom stereocenters. The second-order valence-corrected chi connectivity index (χ2v) is 14.0. The van der Waals surface area contributed by atoms with Crippen LogP contribution < -0.4 is 21.2 Å². The average molecular weight is 496 g/mol. The Balaban J connectivity index is 1.68. The van der Waals surface area contributed by atoms with Gasteiger partial charge in [-0.05, 0) is 40.5 Å². The molecule has 5 rings (SSSR count). The molecule has 0 amide bonds. The van der Waals surface area contributed by atoms with E-state index < -0.39 is 16.1 Å². The van der Waals surface area contributed by atoms with Crippen LogP contribution in [0.3, 0.4) is 0 Å². The van der Waals surface area contributed by atoms with E-state index >= 15 is 0 Å². The zero-order chi connectivity index (χ0) is 23.9. The van der Waals surface area contributed by atoms with E-state index in [9.17, 15) is 0 Å². The van der Waals surface area contributed by atoms with Gasteiger partial charge >= 0.3 is 0 Å². The van der Waals surface area contributed by atoms with Gasteiger partial charge in [0, 0.05) is 22.2 Å². The van der Waals surface area contributed by atoms with Gasteiger partial charge in [-0.3, -0.25) is 0 Å². The lowest BCUT2D eigenvalue weighted by atomic mass is 10.0. The highest BCUT2D eigenvalue weighted by Crippen LogP contribution is 2.57. The van der Waals surface area contributed by atoms with E-state index in [1.165, 1.54) is 53.3 Å². The molecule has 0 heterocycles. The average Bonchev–Trinajstić information content (AvgIpc) is 3.44. The third-order valence-electron chi connectivity index (χ3n) is 6.96. The first-order chi connectivity index (χ1) is 17.3. The first-order valence-corrected chi connectivity index (χ1v) is 15.5. The first kappa shape index (κ1) is 24.4. The number of nitrogens with zero attached hydrogens (tertiary/aromatic N) is 1. The SMILES string of the molecule is CC(CC1CCCC1)N(P(c1ccccc1)c1ccccc1)P(c1ccccc1)c1ccccc1. The zero-order valence-electron chi connectivity index (χ0n) is 20.6. The van der Waals surface area contributed by atoms with Crippen LogP contribution in [0.4, 0.5) is 0 Å². The van der Waals surface area contributed by atoms with Crippen LogP contribution in [-0.2, 0) is 0 Å². The molecule has 1 nitrogen and oxygen atoms in total. The van der Waals surface area contributed by atoms with Gasteiger partial charge in [0.2, 0.25) is 0 Å². The lowest BCUT2D eigenvalue weighted by Crippen LogP contribution is -2.37. The minimum Gasteiger partial charge on any atom is -0.242 e. The molecule has 0 saturated heterocycles. The molecule has 178 valence electrons. The summed E-state index contributed by atoms with van der Waals surface area (Å²) >= 11 is 0. The van der Waals surface area contributed by atoms with Gasteiger partial charge in [0.05, 0.1) is 0 Å². The normalized spacial score (nSPS) is 15.2. The highest BCUT2D eigenvalue weighted by molar-refractivity contribution is 7.84. The van der Waals surface area contributed by atoms with Crippen molar-refractivity contribution in [2.24, 2.45) is 5.92 Å². The van der Waals surface area contributed by atoms with Crippen molar-refractivity contribution in [1.82, 2.24) is 4.44 Å². The van der Waals surface area contributed by atoms with E-state index in [4.69, 9.17) is 0 Å². The third-order valence-corrected chi connectivity index (χ3v) is 12.8. The third kappa shape index (κ3) is 5.92. The Kier molecular flexibility index (Phi) is 8.43. The summed E-state index contributed by atoms with van der Waals surface area (Å²) in [4.78, 5) is 0. The molecule has 1 fully saturated rings. The standard InChI is InChI=1S/C32H35NP2/c1-27(26-28-16-14-15-17-28)33(34(29-18-6-2-7-19-29)30-20-8-3-9-21-30)35(31-22-10-4-11-23-31)32-24-12-5-13-25-32/h2-13,18-25,27-28H,14-17,26H2,1H3. The Morgan fingerprint density at radius 1 is 0.571 bits per heavy atom. The van der Waals surface area contributed by atoms with E-state index in [1.54, 1.807) is 0 Å². The maximum absolute atomic E-state index is 2.94. The van der Waals surface area contributed by atoms with Crippen molar-refractivity contribution >= 4 is 37.4 Å². The molecular formula is C32H35NP2. The molecule has 3 heteroatoms. The van der Waals surface area contributed by atoms with Crippen LogP contribution in [0.5, 0.6) is 0 Å². The minimum atomic E-state index is -0.698. The van der Waals surface area contributed by atoms with Crippen molar-refractivity contribution in [1.29, 1.82) is 0 Å². The molecule has 0 bridgehead atoms. The fourth-order valence-electron chi connectivity index (χ4n) is 5.35. The Morgan fingerprint density at radius 2 is 0.886 bits per heavy atom. The van der Waals surface area contributed by atoms with Gasteiger partial charge < -0.3 is 0 Å². The van der Waals surface area contributed by atoms with Crippen molar-refractivity contribution in [3.63, 3.8) is 0 Å². The van der Waals surface area contributed by atoms with Gasteiger partial charge in [-0.2, -0.15) is 0 Å². The molecule has 35 heavy (non-hydrogen) atoms. The Bertz CT molecular complexity index is 983. The molecule has 1 unspecified atom stereocenters. The van der Waals surface area contributed by atoms with Gasteiger partial charge in [0.25, 0.3) is 0 Å². The van der Waals surface area contributed by atoms with Crippen molar-refractivity contribution in [3.05, 3.63) is 121 Å². The highest BCUT2D eigenvalue weighted by Gasteiger charge is 2.36. The quantitative estimate of drug-likeness (QED) is 0.219. The summed E-state index contributed by atoms with van der Waals surface area (Å²) in [7, 11) is -1.40. The Labute approximate surface area is 213 Å². The van der Waals surface area contributed by atoms with Gasteiger partial charge in [0.15, 0.2) is 0 Å². The first-order valence-electron chi connectivity index (χ1n) is 12.9. The number of rotatable bonds is 9. The van der Waals surface area contributed by atoms with Gasteiger partial charge in [-0.25, -0.2) is 4.44 Å². The van der Waals surface area contributed by atoms with Crippen LogP contribution >= 0.6 is 16.1 Å². The molecule has 1 aliphatic carbocycles. The molecule has 0 N–H and O–H groups in total. The number of hydrogen-bond acceptors (Lipinski definition) is 1. The summed E-state index contributed by atoms with van der Waals surface area (Å²) in [5.74, 6) is 0.847. The monoisotopic (exact) mass is 495 g/mol. The molecule has 1 saturated carbocycles. The van der Waals surface area contributed by atoms with Crippen LogP contribution in [0.2, 0.25) is 0 Å². The molecule has 4 aromatic carbocycles. The van der Waals surface area contributed by atoms with Gasteiger partial charge in [0.1, 0.15) is 0 Å². The molecule has 0 radical (unpaired) electrons. The molecule has 1 aliphatic rings. The Hall–Kier alpha value is -2.30. The molecule has 0 aromatic heterocycles. The topological polar surface area (TPSA) is 3.24 Å². The van der Waals surface area contributed by atoms with Gasteiger partial charge in [-0.1, -0.05) is 147 Å². The van der Waals surface area contributed by atoms with Crippen molar-refractivity contribution in [2.75, 3.05) is 0 Å². The Morgan fingerprint density at radius 3 is 1.20 bits per heavy atom. The van der Waals surface area contributed by atoms with Gasteiger partial charge in [-0.15, -0.1) is 0 Å². The van der Waals surface area contributed by atoms with Crippen LogP contribution in [-0.4, -0.2) is 10.5 Å². The molecular weight excluding hydrogens is 460 g/mol. The van der Waals surface area contributed by atoms with Crippen LogP contribution in [0.25, 0.3) is 0 Å². The van der Waals surface area contributed by atoms with Crippen molar-refractivity contribution < 1.29 is 0 Å². The van der Waals surface area contributed by atoms with Crippen LogP contribution in [0.15, 0.2) is 121 Å². The fraction of sp³-hybridized carbons (Fsp3) is 0.250. The van der Waals surface area contributed by atoms with E-state index in [-0.39, 0.29) is 0 Å². The second-order valence-electron chi connectivity index (χ2n) is 9.52. The molecule has 0 spiro atoms. The zero-order valence-corrected chi connectivity index (χ0v) is 22.4. The minimum absolute atomic E-state index is 0.483. The fourth-order valence-corrected chi connectivity index (χ4v) is 11.6. The predicted molar refractivity (Wildman–Crippen MR) is 156 cm³/mol. The van der Waals surface area contributed by atoms with E-state index in [0.717, 1.165) is 5.92 Å². The summed E-state index contributed by atoms with van der Waals surface area (Å²) in [5, 5.41) is 5.75. The smallest absolute Gasteiger partial charge is 0.0325 e. The maximum Gasteiger partial charge on any atom is 0.0325 e. The summed E-state index contributed by atoms with van der Waals surface area (Å²) < 4.78 is 2.94. The van der Waals surface area contributed by atoms with Crippen LogP contribution in [0, 0.1) is 5.92 Å². The lowest BCUT2D eigenvalue weighted by molar-refractivity contribution is 0.391. The van der Waals surface area contributed by atoms with Crippen LogP contribution in [0.1, 0.15) is 39.0 Å². The maximum atomic E-state index is 2.94. The van der Waals surface area contributed by atoms with Crippen molar-refractivity contribution in [3.8, 4) is 0 Å². The molecule has 0 aliphatic heterocycles. The second kappa shape index (κ2) is 12.1. The predicted octanol–water partition coefficient (Wildman–Crippen LogP) is 7.35. The summed E-state index contributed by atoms with van der Waals surface area (Å²) in [6, 6.07) is 45.5. The lowest BCUT2D eigenvalue weighted by Gasteiger charge is -2.43. The number of hydrogen-bond donors (Lipinski definition) is 0. The van der Waals surface area contributed by atoms with Crippen molar-refractivity contribution in [2.45, 2.75) is 45.1 Å². The van der Waals surface area contributed by atoms with E-state index in [1.807, 2.05) is 0 Å². The summed E-state index contributed by atoms with van der Waals surface area (Å²) in [6.45, 7) is 2.50. The summed E-state index contributed by atoms with van der Waals surface area (Å²) in [5.41, 5.74) is 0. The largest absolute Gasteiger partial charge is 0.242 e. The summed E-state index contributed by atoms with van der Waals surface area (Å²) in [6.07, 6.45) is 6.85.